The number of nitrogens with zero attached hydrogens (tertiary/aromatic N) is 1. The van der Waals surface area contributed by atoms with Crippen molar-refractivity contribution in [2.24, 2.45) is 0 Å². The van der Waals surface area contributed by atoms with E-state index in [2.05, 4.69) is 5.32 Å². The number of aryl methyl sites for hydroxylation is 1. The third-order valence-corrected chi connectivity index (χ3v) is 6.91. The molecular formula is C26H27F3N2O4S. The summed E-state index contributed by atoms with van der Waals surface area (Å²) in [6, 6.07) is 14.6. The number of halogens is 3. The fourth-order valence-electron chi connectivity index (χ4n) is 3.41. The summed E-state index contributed by atoms with van der Waals surface area (Å²) >= 11 is 0. The summed E-state index contributed by atoms with van der Waals surface area (Å²) in [4.78, 5) is 14.0. The molecule has 6 nitrogen and oxygen atoms in total. The molecule has 0 aliphatic rings. The number of hydrogen-bond donors (Lipinski definition) is 1. The van der Waals surface area contributed by atoms with Crippen LogP contribution in [0.1, 0.15) is 36.1 Å². The first kappa shape index (κ1) is 27.1. The van der Waals surface area contributed by atoms with E-state index in [0.29, 0.717) is 17.3 Å². The lowest BCUT2D eigenvalue weighted by atomic mass is 10.1. The van der Waals surface area contributed by atoms with Gasteiger partial charge in [0, 0.05) is 18.3 Å². The third-order valence-electron chi connectivity index (χ3n) is 5.66. The molecule has 3 rings (SSSR count). The van der Waals surface area contributed by atoms with Crippen LogP contribution < -0.4 is 9.50 Å². The molecule has 0 radical (unpaired) electrons. The molecule has 0 unspecified atom stereocenters. The van der Waals surface area contributed by atoms with Gasteiger partial charge in [0.1, 0.15) is 10.6 Å². The Bertz CT molecular complexity index is 1340. The van der Waals surface area contributed by atoms with E-state index in [-0.39, 0.29) is 24.4 Å². The van der Waals surface area contributed by atoms with Crippen LogP contribution in [0, 0.1) is 13.8 Å². The second kappa shape index (κ2) is 10.6. The summed E-state index contributed by atoms with van der Waals surface area (Å²) in [5, 5.41) is 2.93. The Morgan fingerprint density at radius 1 is 1.00 bits per heavy atom. The molecular weight excluding hydrogens is 493 g/mol. The molecule has 3 aromatic carbocycles. The fraction of sp³-hybridized carbons (Fsp3) is 0.269. The predicted octanol–water partition coefficient (Wildman–Crippen LogP) is 6.53. The highest BCUT2D eigenvalue weighted by Crippen LogP contribution is 2.31. The number of urea groups is 1. The van der Waals surface area contributed by atoms with E-state index in [9.17, 15) is 26.4 Å². The molecule has 192 valence electrons. The quantitative estimate of drug-likeness (QED) is 0.359. The Balaban J connectivity index is 1.72. The molecule has 0 fully saturated rings. The van der Waals surface area contributed by atoms with Gasteiger partial charge in [0.15, 0.2) is 0 Å². The van der Waals surface area contributed by atoms with E-state index >= 15 is 0 Å². The van der Waals surface area contributed by atoms with Crippen LogP contribution in [0.5, 0.6) is 5.75 Å². The lowest BCUT2D eigenvalue weighted by Gasteiger charge is -2.27. The zero-order valence-corrected chi connectivity index (χ0v) is 21.1. The Hall–Kier alpha value is -3.53. The lowest BCUT2D eigenvalue weighted by Crippen LogP contribution is -2.39. The van der Waals surface area contributed by atoms with Gasteiger partial charge in [-0.2, -0.15) is 21.6 Å². The number of alkyl halides is 3. The van der Waals surface area contributed by atoms with Gasteiger partial charge in [0.2, 0.25) is 0 Å². The summed E-state index contributed by atoms with van der Waals surface area (Å²) in [6.07, 6.45) is -4.68. The zero-order chi connectivity index (χ0) is 26.7. The Morgan fingerprint density at radius 3 is 2.25 bits per heavy atom. The summed E-state index contributed by atoms with van der Waals surface area (Å²) in [7, 11) is -4.48. The number of benzene rings is 3. The van der Waals surface area contributed by atoms with Crippen molar-refractivity contribution in [1.82, 2.24) is 4.90 Å². The van der Waals surface area contributed by atoms with E-state index in [0.717, 1.165) is 29.3 Å². The van der Waals surface area contributed by atoms with Gasteiger partial charge in [0.05, 0.1) is 5.56 Å². The SMILES string of the molecule is Cc1cccc(NC(=O)N(Cc2ccc(OS(=O)(=O)c3cccc(C(F)(F)F)c3)cc2)C(C)C)c1C. The van der Waals surface area contributed by atoms with Gasteiger partial charge in [-0.25, -0.2) is 4.79 Å². The Labute approximate surface area is 208 Å². The maximum Gasteiger partial charge on any atom is 0.416 e. The Morgan fingerprint density at radius 2 is 1.64 bits per heavy atom. The van der Waals surface area contributed by atoms with E-state index < -0.39 is 26.8 Å². The number of rotatable bonds is 7. The second-order valence-corrected chi connectivity index (χ2v) is 10.2. The van der Waals surface area contributed by atoms with E-state index in [1.54, 1.807) is 17.0 Å². The molecule has 0 aromatic heterocycles. The van der Waals surface area contributed by atoms with E-state index in [4.69, 9.17) is 4.18 Å². The van der Waals surface area contributed by atoms with Crippen LogP contribution in [-0.2, 0) is 22.8 Å². The molecule has 0 atom stereocenters. The number of carbonyl (C=O) groups is 1. The van der Waals surface area contributed by atoms with Crippen molar-refractivity contribution in [2.45, 2.75) is 51.4 Å². The Kier molecular flexibility index (Phi) is 7.98. The summed E-state index contributed by atoms with van der Waals surface area (Å²) in [5.41, 5.74) is 2.37. The van der Waals surface area contributed by atoms with Crippen molar-refractivity contribution in [3.8, 4) is 5.75 Å². The number of hydrogen-bond acceptors (Lipinski definition) is 4. The van der Waals surface area contributed by atoms with Crippen molar-refractivity contribution in [2.75, 3.05) is 5.32 Å². The maximum atomic E-state index is 13.0. The van der Waals surface area contributed by atoms with Crippen LogP contribution in [0.4, 0.5) is 23.7 Å². The average Bonchev–Trinajstić information content (AvgIpc) is 2.80. The molecule has 10 heteroatoms. The molecule has 0 bridgehead atoms. The monoisotopic (exact) mass is 520 g/mol. The van der Waals surface area contributed by atoms with E-state index in [1.807, 2.05) is 45.9 Å². The molecule has 0 aliphatic carbocycles. The second-order valence-electron chi connectivity index (χ2n) is 8.61. The smallest absolute Gasteiger partial charge is 0.379 e. The van der Waals surface area contributed by atoms with Crippen LogP contribution in [-0.4, -0.2) is 25.4 Å². The van der Waals surface area contributed by atoms with Gasteiger partial charge in [-0.15, -0.1) is 0 Å². The minimum absolute atomic E-state index is 0.0629. The fourth-order valence-corrected chi connectivity index (χ4v) is 4.39. The number of nitrogens with one attached hydrogen (secondary N) is 1. The number of carbonyl (C=O) groups excluding carboxylic acids is 1. The number of amides is 2. The largest absolute Gasteiger partial charge is 0.416 e. The molecule has 3 aromatic rings. The van der Waals surface area contributed by atoms with Crippen molar-refractivity contribution >= 4 is 21.8 Å². The van der Waals surface area contributed by atoms with Gasteiger partial charge < -0.3 is 14.4 Å². The van der Waals surface area contributed by atoms with Gasteiger partial charge in [0.25, 0.3) is 0 Å². The first-order valence-corrected chi connectivity index (χ1v) is 12.5. The minimum atomic E-state index is -4.68. The highest BCUT2D eigenvalue weighted by atomic mass is 32.2. The molecule has 0 saturated carbocycles. The minimum Gasteiger partial charge on any atom is -0.379 e. The summed E-state index contributed by atoms with van der Waals surface area (Å²) < 4.78 is 68.8. The highest BCUT2D eigenvalue weighted by Gasteiger charge is 2.32. The molecule has 36 heavy (non-hydrogen) atoms. The topological polar surface area (TPSA) is 75.7 Å². The summed E-state index contributed by atoms with van der Waals surface area (Å²) in [5.74, 6) is -0.0629. The van der Waals surface area contributed by atoms with Gasteiger partial charge >= 0.3 is 22.3 Å². The van der Waals surface area contributed by atoms with E-state index in [1.165, 1.54) is 12.1 Å². The molecule has 0 spiro atoms. The zero-order valence-electron chi connectivity index (χ0n) is 20.3. The van der Waals surface area contributed by atoms with Gasteiger partial charge in [-0.3, -0.25) is 0 Å². The first-order chi connectivity index (χ1) is 16.8. The third kappa shape index (κ3) is 6.57. The van der Waals surface area contributed by atoms with Crippen molar-refractivity contribution in [3.05, 3.63) is 89.0 Å². The normalized spacial score (nSPS) is 11.9. The summed E-state index contributed by atoms with van der Waals surface area (Å²) in [6.45, 7) is 7.89. The van der Waals surface area contributed by atoms with Gasteiger partial charge in [-0.1, -0.05) is 30.3 Å². The van der Waals surface area contributed by atoms with Crippen molar-refractivity contribution in [3.63, 3.8) is 0 Å². The lowest BCUT2D eigenvalue weighted by molar-refractivity contribution is -0.137. The molecule has 0 aliphatic heterocycles. The van der Waals surface area contributed by atoms with Crippen molar-refractivity contribution < 1.29 is 30.6 Å². The van der Waals surface area contributed by atoms with Crippen LogP contribution in [0.15, 0.2) is 71.6 Å². The highest BCUT2D eigenvalue weighted by molar-refractivity contribution is 7.87. The predicted molar refractivity (Wildman–Crippen MR) is 131 cm³/mol. The average molecular weight is 521 g/mol. The van der Waals surface area contributed by atoms with Crippen LogP contribution in [0.2, 0.25) is 0 Å². The van der Waals surface area contributed by atoms with Crippen LogP contribution in [0.3, 0.4) is 0 Å². The standard InChI is InChI=1S/C26H27F3N2O4S/c1-17(2)31(25(32)30-24-10-5-7-18(3)19(24)4)16-20-11-13-22(14-12-20)35-36(33,34)23-9-6-8-21(15-23)26(27,28)29/h5-15,17H,16H2,1-4H3,(H,30,32). The first-order valence-electron chi connectivity index (χ1n) is 11.1. The molecule has 0 saturated heterocycles. The van der Waals surface area contributed by atoms with Crippen molar-refractivity contribution in [1.29, 1.82) is 0 Å². The maximum absolute atomic E-state index is 13.0. The van der Waals surface area contributed by atoms with Gasteiger partial charge in [-0.05, 0) is 80.8 Å². The van der Waals surface area contributed by atoms with Crippen LogP contribution in [0.25, 0.3) is 0 Å². The molecule has 0 heterocycles. The molecule has 1 N–H and O–H groups in total. The van der Waals surface area contributed by atoms with Crippen LogP contribution >= 0.6 is 0 Å². The molecule has 2 amide bonds. The number of anilines is 1.